The fraction of sp³-hybridized carbons (Fsp3) is 0.400. The van der Waals surface area contributed by atoms with E-state index in [0.717, 1.165) is 12.1 Å². The number of nitrogens with one attached hydrogen (secondary N) is 1. The lowest BCUT2D eigenvalue weighted by Crippen LogP contribution is -2.23. The van der Waals surface area contributed by atoms with Gasteiger partial charge < -0.3 is 15.5 Å². The Kier molecular flexibility index (Phi) is 4.30. The molecule has 0 bridgehead atoms. The summed E-state index contributed by atoms with van der Waals surface area (Å²) in [7, 11) is 0. The van der Waals surface area contributed by atoms with Gasteiger partial charge in [0.25, 0.3) is 0 Å². The quantitative estimate of drug-likeness (QED) is 0.714. The lowest BCUT2D eigenvalue weighted by Gasteiger charge is -2.12. The standard InChI is InChI=1S/C10H11F4NO2/c11-8-3-6(10(12,13)14)1-2-9(8)15-4-7(17)5-16/h1-3,7,15-17H,4-5H2. The van der Waals surface area contributed by atoms with E-state index in [1.807, 2.05) is 0 Å². The van der Waals surface area contributed by atoms with Gasteiger partial charge in [0.2, 0.25) is 0 Å². The van der Waals surface area contributed by atoms with Crippen molar-refractivity contribution >= 4 is 5.69 Å². The molecule has 1 rings (SSSR count). The number of hydrogen-bond acceptors (Lipinski definition) is 3. The average Bonchev–Trinajstić information content (AvgIpc) is 2.25. The Morgan fingerprint density at radius 1 is 1.29 bits per heavy atom. The van der Waals surface area contributed by atoms with Gasteiger partial charge in [0.05, 0.1) is 24.0 Å². The molecule has 0 aliphatic carbocycles. The van der Waals surface area contributed by atoms with Crippen molar-refractivity contribution in [1.82, 2.24) is 0 Å². The molecule has 0 aromatic heterocycles. The summed E-state index contributed by atoms with van der Waals surface area (Å²) in [5.74, 6) is -1.06. The molecule has 3 nitrogen and oxygen atoms in total. The second kappa shape index (κ2) is 5.33. The first-order valence-corrected chi connectivity index (χ1v) is 4.74. The molecule has 0 fully saturated rings. The fourth-order valence-corrected chi connectivity index (χ4v) is 1.13. The molecule has 0 aliphatic rings. The van der Waals surface area contributed by atoms with E-state index in [4.69, 9.17) is 10.2 Å². The van der Waals surface area contributed by atoms with Gasteiger partial charge in [-0.05, 0) is 18.2 Å². The molecule has 1 atom stereocenters. The maximum atomic E-state index is 13.2. The molecule has 0 aliphatic heterocycles. The van der Waals surface area contributed by atoms with Gasteiger partial charge in [0, 0.05) is 6.54 Å². The Bertz CT molecular complexity index is 381. The largest absolute Gasteiger partial charge is 0.416 e. The number of alkyl halides is 3. The van der Waals surface area contributed by atoms with Gasteiger partial charge in [-0.3, -0.25) is 0 Å². The summed E-state index contributed by atoms with van der Waals surface area (Å²) in [6.45, 7) is -0.673. The lowest BCUT2D eigenvalue weighted by atomic mass is 10.2. The minimum atomic E-state index is -4.59. The highest BCUT2D eigenvalue weighted by atomic mass is 19.4. The number of aliphatic hydroxyl groups is 2. The molecule has 7 heteroatoms. The number of halogens is 4. The average molecular weight is 253 g/mol. The molecule has 3 N–H and O–H groups in total. The third-order valence-electron chi connectivity index (χ3n) is 2.04. The molecule has 0 saturated heterocycles. The van der Waals surface area contributed by atoms with Crippen molar-refractivity contribution in [1.29, 1.82) is 0 Å². The van der Waals surface area contributed by atoms with E-state index >= 15 is 0 Å². The fourth-order valence-electron chi connectivity index (χ4n) is 1.13. The van der Waals surface area contributed by atoms with Crippen LogP contribution >= 0.6 is 0 Å². The normalized spacial score (nSPS) is 13.5. The number of anilines is 1. The van der Waals surface area contributed by atoms with Crippen molar-refractivity contribution in [3.8, 4) is 0 Å². The molecular formula is C10H11F4NO2. The van der Waals surface area contributed by atoms with Gasteiger partial charge in [-0.2, -0.15) is 13.2 Å². The summed E-state index contributed by atoms with van der Waals surface area (Å²) in [6, 6.07) is 2.03. The highest BCUT2D eigenvalue weighted by Gasteiger charge is 2.31. The van der Waals surface area contributed by atoms with Crippen LogP contribution < -0.4 is 5.32 Å². The minimum absolute atomic E-state index is 0.154. The molecule has 17 heavy (non-hydrogen) atoms. The SMILES string of the molecule is OCC(O)CNc1ccc(C(F)(F)F)cc1F. The number of rotatable bonds is 4. The van der Waals surface area contributed by atoms with Crippen LogP contribution in [0, 0.1) is 5.82 Å². The highest BCUT2D eigenvalue weighted by Crippen LogP contribution is 2.31. The molecular weight excluding hydrogens is 242 g/mol. The summed E-state index contributed by atoms with van der Waals surface area (Å²) in [5, 5.41) is 19.9. The van der Waals surface area contributed by atoms with Crippen LogP contribution in [0.5, 0.6) is 0 Å². The van der Waals surface area contributed by atoms with E-state index in [2.05, 4.69) is 5.32 Å². The zero-order valence-corrected chi connectivity index (χ0v) is 8.63. The van der Waals surface area contributed by atoms with Crippen LogP contribution in [0.4, 0.5) is 23.2 Å². The molecule has 1 aromatic rings. The van der Waals surface area contributed by atoms with Gasteiger partial charge in [0.1, 0.15) is 5.82 Å². The van der Waals surface area contributed by atoms with E-state index in [1.54, 1.807) is 0 Å². The Morgan fingerprint density at radius 3 is 2.41 bits per heavy atom. The van der Waals surface area contributed by atoms with Crippen LogP contribution in [-0.4, -0.2) is 29.5 Å². The maximum Gasteiger partial charge on any atom is 0.416 e. The van der Waals surface area contributed by atoms with Crippen LogP contribution in [0.3, 0.4) is 0 Å². The van der Waals surface area contributed by atoms with Crippen molar-refractivity contribution in [3.63, 3.8) is 0 Å². The lowest BCUT2D eigenvalue weighted by molar-refractivity contribution is -0.137. The Balaban J connectivity index is 2.77. The van der Waals surface area contributed by atoms with Crippen molar-refractivity contribution in [2.24, 2.45) is 0 Å². The molecule has 0 spiro atoms. The zero-order chi connectivity index (χ0) is 13.1. The van der Waals surface area contributed by atoms with Gasteiger partial charge in [0.15, 0.2) is 0 Å². The Morgan fingerprint density at radius 2 is 1.94 bits per heavy atom. The zero-order valence-electron chi connectivity index (χ0n) is 8.63. The Hall–Kier alpha value is -1.34. The first kappa shape index (κ1) is 13.7. The predicted molar refractivity (Wildman–Crippen MR) is 53.0 cm³/mol. The van der Waals surface area contributed by atoms with Gasteiger partial charge in [-0.1, -0.05) is 0 Å². The van der Waals surface area contributed by atoms with Crippen LogP contribution in [0.15, 0.2) is 18.2 Å². The van der Waals surface area contributed by atoms with E-state index < -0.39 is 30.3 Å². The predicted octanol–water partition coefficient (Wildman–Crippen LogP) is 1.61. The van der Waals surface area contributed by atoms with Crippen molar-refractivity contribution in [3.05, 3.63) is 29.6 Å². The smallest absolute Gasteiger partial charge is 0.394 e. The molecule has 96 valence electrons. The highest BCUT2D eigenvalue weighted by molar-refractivity contribution is 5.46. The van der Waals surface area contributed by atoms with Gasteiger partial charge in [-0.15, -0.1) is 0 Å². The minimum Gasteiger partial charge on any atom is -0.394 e. The topological polar surface area (TPSA) is 52.5 Å². The second-order valence-corrected chi connectivity index (χ2v) is 3.41. The van der Waals surface area contributed by atoms with Gasteiger partial charge in [-0.25, -0.2) is 4.39 Å². The summed E-state index contributed by atoms with van der Waals surface area (Å²) in [6.07, 6.45) is -5.69. The first-order valence-electron chi connectivity index (χ1n) is 4.74. The van der Waals surface area contributed by atoms with Crippen molar-refractivity contribution in [2.75, 3.05) is 18.5 Å². The summed E-state index contributed by atoms with van der Waals surface area (Å²) in [4.78, 5) is 0. The van der Waals surface area contributed by atoms with Crippen LogP contribution in [0.2, 0.25) is 0 Å². The summed E-state index contributed by atoms with van der Waals surface area (Å²) >= 11 is 0. The van der Waals surface area contributed by atoms with Crippen molar-refractivity contribution < 1.29 is 27.8 Å². The molecule has 0 heterocycles. The third-order valence-corrected chi connectivity index (χ3v) is 2.04. The van der Waals surface area contributed by atoms with Crippen molar-refractivity contribution in [2.45, 2.75) is 12.3 Å². The monoisotopic (exact) mass is 253 g/mol. The molecule has 1 aromatic carbocycles. The molecule has 0 amide bonds. The number of benzene rings is 1. The third kappa shape index (κ3) is 3.86. The Labute approximate surface area is 94.7 Å². The molecule has 0 saturated carbocycles. The van der Waals surface area contributed by atoms with Gasteiger partial charge >= 0.3 is 6.18 Å². The summed E-state index contributed by atoms with van der Waals surface area (Å²) in [5.41, 5.74) is -1.24. The molecule has 1 unspecified atom stereocenters. The van der Waals surface area contributed by atoms with Crippen LogP contribution in [-0.2, 0) is 6.18 Å². The number of aliphatic hydroxyl groups excluding tert-OH is 2. The van der Waals surface area contributed by atoms with Crippen LogP contribution in [0.25, 0.3) is 0 Å². The van der Waals surface area contributed by atoms with E-state index in [1.165, 1.54) is 0 Å². The number of hydrogen-bond donors (Lipinski definition) is 3. The first-order chi connectivity index (χ1) is 7.84. The van der Waals surface area contributed by atoms with E-state index in [-0.39, 0.29) is 12.2 Å². The summed E-state index contributed by atoms with van der Waals surface area (Å²) < 4.78 is 49.9. The maximum absolute atomic E-state index is 13.2. The van der Waals surface area contributed by atoms with E-state index in [9.17, 15) is 17.6 Å². The molecule has 0 radical (unpaired) electrons. The second-order valence-electron chi connectivity index (χ2n) is 3.41. The van der Waals surface area contributed by atoms with E-state index in [0.29, 0.717) is 6.07 Å². The van der Waals surface area contributed by atoms with Crippen LogP contribution in [0.1, 0.15) is 5.56 Å².